The van der Waals surface area contributed by atoms with Crippen LogP contribution in [0.25, 0.3) is 0 Å². The molecule has 1 heteroatoms. The second-order valence-corrected chi connectivity index (χ2v) is 6.02. The first-order valence-corrected chi connectivity index (χ1v) is 7.54. The Morgan fingerprint density at radius 1 is 1.12 bits per heavy atom. The van der Waals surface area contributed by atoms with Crippen LogP contribution in [0.2, 0.25) is 0 Å². The van der Waals surface area contributed by atoms with Crippen LogP contribution in [0.1, 0.15) is 65.2 Å². The fourth-order valence-electron chi connectivity index (χ4n) is 4.56. The zero-order valence-electron chi connectivity index (χ0n) is 11.2. The minimum atomic E-state index is 0.730. The maximum absolute atomic E-state index is 3.64. The Bertz CT molecular complexity index is 205. The summed E-state index contributed by atoms with van der Waals surface area (Å²) in [5.74, 6) is 2.00. The molecule has 0 aromatic heterocycles. The molecule has 1 saturated carbocycles. The van der Waals surface area contributed by atoms with E-state index in [1.165, 1.54) is 64.5 Å². The highest BCUT2D eigenvalue weighted by atomic mass is 14.9. The second-order valence-electron chi connectivity index (χ2n) is 6.02. The Morgan fingerprint density at radius 2 is 2.00 bits per heavy atom. The molecule has 2 rings (SSSR count). The van der Waals surface area contributed by atoms with Gasteiger partial charge in [-0.25, -0.2) is 0 Å². The molecule has 1 saturated heterocycles. The van der Waals surface area contributed by atoms with Crippen molar-refractivity contribution in [1.82, 2.24) is 5.32 Å². The van der Waals surface area contributed by atoms with Gasteiger partial charge in [0.05, 0.1) is 0 Å². The van der Waals surface area contributed by atoms with Crippen molar-refractivity contribution in [2.45, 2.75) is 65.2 Å². The molecule has 0 bridgehead atoms. The Morgan fingerprint density at radius 3 is 2.75 bits per heavy atom. The molecular weight excluding hydrogens is 194 g/mol. The summed E-state index contributed by atoms with van der Waals surface area (Å²) in [6.45, 7) is 7.34. The highest BCUT2D eigenvalue weighted by Gasteiger charge is 2.46. The maximum Gasteiger partial charge on any atom is -0.00151 e. The molecular formula is C15H29N. The van der Waals surface area contributed by atoms with E-state index in [4.69, 9.17) is 0 Å². The lowest BCUT2D eigenvalue weighted by atomic mass is 9.55. The highest BCUT2D eigenvalue weighted by Crippen LogP contribution is 2.52. The molecule has 16 heavy (non-hydrogen) atoms. The van der Waals surface area contributed by atoms with Gasteiger partial charge < -0.3 is 5.32 Å². The monoisotopic (exact) mass is 223 g/mol. The molecule has 94 valence electrons. The number of piperidine rings is 1. The SMILES string of the molecule is CCCC1CNCCC12CCCCC2CC. The van der Waals surface area contributed by atoms with Gasteiger partial charge in [-0.15, -0.1) is 0 Å². The second kappa shape index (κ2) is 5.53. The molecule has 1 nitrogen and oxygen atoms in total. The van der Waals surface area contributed by atoms with E-state index in [0.717, 1.165) is 17.3 Å². The van der Waals surface area contributed by atoms with Crippen molar-refractivity contribution in [3.63, 3.8) is 0 Å². The molecule has 0 aromatic carbocycles. The number of nitrogens with one attached hydrogen (secondary N) is 1. The van der Waals surface area contributed by atoms with Crippen molar-refractivity contribution in [3.05, 3.63) is 0 Å². The molecule has 1 aliphatic carbocycles. The smallest absolute Gasteiger partial charge is 0.00151 e. The molecule has 1 aliphatic heterocycles. The molecule has 0 aromatic rings. The summed E-state index contributed by atoms with van der Waals surface area (Å²) >= 11 is 0. The summed E-state index contributed by atoms with van der Waals surface area (Å²) in [7, 11) is 0. The third-order valence-corrected chi connectivity index (χ3v) is 5.36. The van der Waals surface area contributed by atoms with Crippen molar-refractivity contribution < 1.29 is 0 Å². The van der Waals surface area contributed by atoms with Crippen LogP contribution >= 0.6 is 0 Å². The van der Waals surface area contributed by atoms with Gasteiger partial charge in [-0.1, -0.05) is 39.5 Å². The quantitative estimate of drug-likeness (QED) is 0.763. The van der Waals surface area contributed by atoms with E-state index in [2.05, 4.69) is 19.2 Å². The Balaban J connectivity index is 2.15. The molecule has 2 aliphatic rings. The molecule has 0 radical (unpaired) electrons. The fraction of sp³-hybridized carbons (Fsp3) is 1.00. The van der Waals surface area contributed by atoms with Gasteiger partial charge in [-0.05, 0) is 56.0 Å². The van der Waals surface area contributed by atoms with E-state index < -0.39 is 0 Å². The van der Waals surface area contributed by atoms with Crippen molar-refractivity contribution in [3.8, 4) is 0 Å². The lowest BCUT2D eigenvalue weighted by Gasteiger charge is -2.52. The molecule has 1 heterocycles. The van der Waals surface area contributed by atoms with Crippen LogP contribution in [-0.4, -0.2) is 13.1 Å². The van der Waals surface area contributed by atoms with Gasteiger partial charge in [-0.2, -0.15) is 0 Å². The van der Waals surface area contributed by atoms with E-state index in [-0.39, 0.29) is 0 Å². The average molecular weight is 223 g/mol. The minimum Gasteiger partial charge on any atom is -0.316 e. The van der Waals surface area contributed by atoms with Gasteiger partial charge in [-0.3, -0.25) is 0 Å². The summed E-state index contributed by atoms with van der Waals surface area (Å²) in [6.07, 6.45) is 11.7. The van der Waals surface area contributed by atoms with E-state index in [1.54, 1.807) is 0 Å². The summed E-state index contributed by atoms with van der Waals surface area (Å²) in [6, 6.07) is 0. The predicted octanol–water partition coefficient (Wildman–Crippen LogP) is 3.98. The van der Waals surface area contributed by atoms with Gasteiger partial charge >= 0.3 is 0 Å². The molecule has 2 fully saturated rings. The van der Waals surface area contributed by atoms with Crippen LogP contribution in [0.4, 0.5) is 0 Å². The summed E-state index contributed by atoms with van der Waals surface area (Å²) in [4.78, 5) is 0. The number of hydrogen-bond acceptors (Lipinski definition) is 1. The predicted molar refractivity (Wildman–Crippen MR) is 70.6 cm³/mol. The van der Waals surface area contributed by atoms with Crippen LogP contribution in [0, 0.1) is 17.3 Å². The van der Waals surface area contributed by atoms with Crippen molar-refractivity contribution in [1.29, 1.82) is 0 Å². The van der Waals surface area contributed by atoms with E-state index in [1.807, 2.05) is 0 Å². The van der Waals surface area contributed by atoms with Crippen LogP contribution in [0.15, 0.2) is 0 Å². The van der Waals surface area contributed by atoms with Crippen LogP contribution < -0.4 is 5.32 Å². The molecule has 3 unspecified atom stereocenters. The topological polar surface area (TPSA) is 12.0 Å². The van der Waals surface area contributed by atoms with Gasteiger partial charge in [0.25, 0.3) is 0 Å². The van der Waals surface area contributed by atoms with E-state index in [9.17, 15) is 0 Å². The van der Waals surface area contributed by atoms with E-state index >= 15 is 0 Å². The zero-order valence-corrected chi connectivity index (χ0v) is 11.2. The molecule has 1 spiro atoms. The number of rotatable bonds is 3. The lowest BCUT2D eigenvalue weighted by molar-refractivity contribution is -0.00983. The first kappa shape index (κ1) is 12.4. The van der Waals surface area contributed by atoms with Crippen LogP contribution in [-0.2, 0) is 0 Å². The van der Waals surface area contributed by atoms with Gasteiger partial charge in [0.2, 0.25) is 0 Å². The zero-order chi connectivity index (χ0) is 11.4. The Hall–Kier alpha value is -0.0400. The maximum atomic E-state index is 3.64. The first-order chi connectivity index (χ1) is 7.83. The summed E-state index contributed by atoms with van der Waals surface area (Å²) < 4.78 is 0. The summed E-state index contributed by atoms with van der Waals surface area (Å²) in [5.41, 5.74) is 0.730. The molecule has 1 N–H and O–H groups in total. The van der Waals surface area contributed by atoms with Crippen molar-refractivity contribution in [2.75, 3.05) is 13.1 Å². The Kier molecular flexibility index (Phi) is 4.29. The summed E-state index contributed by atoms with van der Waals surface area (Å²) in [5, 5.41) is 3.64. The highest BCUT2D eigenvalue weighted by molar-refractivity contribution is 4.97. The lowest BCUT2D eigenvalue weighted by Crippen LogP contribution is -2.50. The van der Waals surface area contributed by atoms with Gasteiger partial charge in [0.1, 0.15) is 0 Å². The largest absolute Gasteiger partial charge is 0.316 e. The Labute approximate surface area is 101 Å². The standard InChI is InChI=1S/C15H29N/c1-3-7-14-12-16-11-10-15(14)9-6-5-8-13(15)4-2/h13-14,16H,3-12H2,1-2H3. The van der Waals surface area contributed by atoms with Gasteiger partial charge in [0.15, 0.2) is 0 Å². The van der Waals surface area contributed by atoms with Crippen molar-refractivity contribution in [2.24, 2.45) is 17.3 Å². The average Bonchev–Trinajstić information content (AvgIpc) is 2.33. The number of hydrogen-bond donors (Lipinski definition) is 1. The van der Waals surface area contributed by atoms with Crippen LogP contribution in [0.5, 0.6) is 0 Å². The minimum absolute atomic E-state index is 0.730. The molecule has 3 atom stereocenters. The third-order valence-electron chi connectivity index (χ3n) is 5.36. The fourth-order valence-corrected chi connectivity index (χ4v) is 4.56. The van der Waals surface area contributed by atoms with Gasteiger partial charge in [0, 0.05) is 0 Å². The van der Waals surface area contributed by atoms with Crippen molar-refractivity contribution >= 4 is 0 Å². The van der Waals surface area contributed by atoms with E-state index in [0.29, 0.717) is 0 Å². The normalized spacial score (nSPS) is 40.1. The molecule has 0 amide bonds. The van der Waals surface area contributed by atoms with Crippen LogP contribution in [0.3, 0.4) is 0 Å². The first-order valence-electron chi connectivity index (χ1n) is 7.54. The third kappa shape index (κ3) is 2.16.